The smallest absolute Gasteiger partial charge is 0.283 e. The minimum Gasteiger partial charge on any atom is -0.322 e. The van der Waals surface area contributed by atoms with E-state index in [9.17, 15) is 22.0 Å². The molecule has 0 aliphatic rings. The zero-order valence-electron chi connectivity index (χ0n) is 15.8. The van der Waals surface area contributed by atoms with Gasteiger partial charge in [0.15, 0.2) is 0 Å². The Morgan fingerprint density at radius 3 is 2.37 bits per heavy atom. The Labute approximate surface area is 175 Å². The van der Waals surface area contributed by atoms with Crippen molar-refractivity contribution in [3.63, 3.8) is 0 Å². The third-order valence-electron chi connectivity index (χ3n) is 4.16. The fourth-order valence-electron chi connectivity index (χ4n) is 2.74. The van der Waals surface area contributed by atoms with Gasteiger partial charge in [0.1, 0.15) is 0 Å². The normalized spacial score (nSPS) is 11.7. The van der Waals surface area contributed by atoms with Gasteiger partial charge in [0, 0.05) is 34.9 Å². The number of benzene rings is 2. The van der Waals surface area contributed by atoms with Gasteiger partial charge >= 0.3 is 0 Å². The monoisotopic (exact) mass is 449 g/mol. The van der Waals surface area contributed by atoms with E-state index in [-0.39, 0.29) is 22.1 Å². The molecule has 0 fully saturated rings. The summed E-state index contributed by atoms with van der Waals surface area (Å²) in [5, 5.41) is 2.68. The third kappa shape index (κ3) is 5.17. The summed E-state index contributed by atoms with van der Waals surface area (Å²) in [4.78, 5) is 16.0. The Morgan fingerprint density at radius 1 is 1.03 bits per heavy atom. The predicted octanol–water partition coefficient (Wildman–Crippen LogP) is 4.37. The Hall–Kier alpha value is -2.90. The molecular formula is C20H18F2N3O3PS. The molecule has 0 bridgehead atoms. The number of halogens is 2. The van der Waals surface area contributed by atoms with Gasteiger partial charge in [0.2, 0.25) is 0 Å². The summed E-state index contributed by atoms with van der Waals surface area (Å²) in [7, 11) is -2.61. The molecular weight excluding hydrogens is 431 g/mol. The van der Waals surface area contributed by atoms with Gasteiger partial charge < -0.3 is 5.32 Å². The number of carbonyl (C=O) groups is 1. The molecule has 6 nitrogen and oxygen atoms in total. The first-order valence-electron chi connectivity index (χ1n) is 8.68. The van der Waals surface area contributed by atoms with Crippen LogP contribution in [0.1, 0.15) is 21.5 Å². The lowest BCUT2D eigenvalue weighted by molar-refractivity contribution is 0.102. The van der Waals surface area contributed by atoms with Crippen LogP contribution in [-0.2, 0) is 15.7 Å². The predicted molar refractivity (Wildman–Crippen MR) is 114 cm³/mol. The second kappa shape index (κ2) is 8.45. The molecule has 1 atom stereocenters. The van der Waals surface area contributed by atoms with Gasteiger partial charge in [-0.3, -0.25) is 14.5 Å². The van der Waals surface area contributed by atoms with Crippen molar-refractivity contribution in [3.8, 4) is 0 Å². The van der Waals surface area contributed by atoms with Crippen molar-refractivity contribution in [1.82, 2.24) is 4.98 Å². The molecule has 0 spiro atoms. The van der Waals surface area contributed by atoms with Crippen molar-refractivity contribution < 1.29 is 22.0 Å². The second-order valence-corrected chi connectivity index (χ2v) is 8.86. The highest BCUT2D eigenvalue weighted by atomic mass is 32.2. The van der Waals surface area contributed by atoms with Gasteiger partial charge in [0.05, 0.1) is 4.90 Å². The van der Waals surface area contributed by atoms with Crippen LogP contribution in [0.15, 0.2) is 71.9 Å². The van der Waals surface area contributed by atoms with E-state index < -0.39 is 15.7 Å². The van der Waals surface area contributed by atoms with Crippen LogP contribution in [0.25, 0.3) is 0 Å². The van der Waals surface area contributed by atoms with E-state index in [2.05, 4.69) is 15.0 Å². The van der Waals surface area contributed by atoms with Crippen molar-refractivity contribution in [2.45, 2.75) is 17.5 Å². The molecule has 0 saturated carbocycles. The first kappa shape index (κ1) is 21.8. The largest absolute Gasteiger partial charge is 0.322 e. The Kier molecular flexibility index (Phi) is 6.14. The van der Waals surface area contributed by atoms with Crippen LogP contribution in [0.3, 0.4) is 0 Å². The van der Waals surface area contributed by atoms with E-state index >= 15 is 0 Å². The minimum absolute atomic E-state index is 0.0177. The summed E-state index contributed by atoms with van der Waals surface area (Å²) < 4.78 is 54.7. The number of aryl methyl sites for hydroxylation is 1. The molecule has 3 aromatic rings. The maximum atomic E-state index is 13.5. The molecule has 30 heavy (non-hydrogen) atoms. The molecule has 0 aliphatic carbocycles. The number of hydrogen-bond donors (Lipinski definition) is 2. The number of hydrogen-bond acceptors (Lipinski definition) is 4. The van der Waals surface area contributed by atoms with Crippen LogP contribution in [-0.4, -0.2) is 19.3 Å². The number of aromatic nitrogens is 1. The molecule has 1 amide bonds. The Morgan fingerprint density at radius 2 is 1.73 bits per heavy atom. The summed E-state index contributed by atoms with van der Waals surface area (Å²) in [6.45, 7) is 1.57. The maximum Gasteiger partial charge on any atom is 0.283 e. The Bertz CT molecular complexity index is 1180. The van der Waals surface area contributed by atoms with Crippen molar-refractivity contribution >= 4 is 36.5 Å². The fourth-order valence-corrected chi connectivity index (χ4v) is 4.19. The second-order valence-electron chi connectivity index (χ2n) is 6.48. The molecule has 3 rings (SSSR count). The molecule has 1 heterocycles. The van der Waals surface area contributed by atoms with E-state index in [1.807, 2.05) is 0 Å². The summed E-state index contributed by atoms with van der Waals surface area (Å²) in [6, 6.07) is 12.4. The van der Waals surface area contributed by atoms with Gasteiger partial charge in [-0.1, -0.05) is 21.4 Å². The van der Waals surface area contributed by atoms with E-state index in [0.717, 1.165) is 6.07 Å². The lowest BCUT2D eigenvalue weighted by Crippen LogP contribution is -2.16. The van der Waals surface area contributed by atoms with Crippen LogP contribution in [0.4, 0.5) is 20.2 Å². The standard InChI is InChI=1S/C20H18F2N3O3PS/c1-13-11-16(24-19(26)14-7-9-23-10-8-14)5-6-18(13)30(27,28)25-17-4-2-3-15(12-17)20(21,22)29/h2-12,25H,29H2,1H3,(H,24,26). The molecule has 156 valence electrons. The SMILES string of the molecule is Cc1cc(NC(=O)c2ccncc2)ccc1S(=O)(=O)Nc1cccc(C(F)(F)P)c1. The molecule has 2 N–H and O–H groups in total. The number of amides is 1. The highest BCUT2D eigenvalue weighted by Crippen LogP contribution is 2.36. The quantitative estimate of drug-likeness (QED) is 0.547. The number of carbonyl (C=O) groups excluding carboxylic acids is 1. The molecule has 0 saturated heterocycles. The van der Waals surface area contributed by atoms with E-state index in [4.69, 9.17) is 0 Å². The first-order chi connectivity index (χ1) is 14.1. The van der Waals surface area contributed by atoms with Gasteiger partial charge in [-0.2, -0.15) is 8.78 Å². The van der Waals surface area contributed by atoms with Gasteiger partial charge in [-0.25, -0.2) is 8.42 Å². The van der Waals surface area contributed by atoms with Crippen molar-refractivity contribution in [3.05, 3.63) is 83.7 Å². The topological polar surface area (TPSA) is 88.2 Å². The van der Waals surface area contributed by atoms with Crippen molar-refractivity contribution in [2.24, 2.45) is 0 Å². The molecule has 10 heteroatoms. The average Bonchev–Trinajstić information content (AvgIpc) is 2.67. The number of pyridine rings is 1. The highest BCUT2D eigenvalue weighted by Gasteiger charge is 2.25. The van der Waals surface area contributed by atoms with Crippen molar-refractivity contribution in [1.29, 1.82) is 0 Å². The van der Waals surface area contributed by atoms with E-state index in [1.54, 1.807) is 19.1 Å². The number of nitrogens with zero attached hydrogens (tertiary/aromatic N) is 1. The van der Waals surface area contributed by atoms with Crippen LogP contribution in [0.2, 0.25) is 0 Å². The zero-order chi connectivity index (χ0) is 21.9. The van der Waals surface area contributed by atoms with Crippen molar-refractivity contribution in [2.75, 3.05) is 10.0 Å². The van der Waals surface area contributed by atoms with E-state index in [1.165, 1.54) is 58.0 Å². The third-order valence-corrected chi connectivity index (χ3v) is 6.04. The number of nitrogens with one attached hydrogen (secondary N) is 2. The molecule has 2 aromatic carbocycles. The van der Waals surface area contributed by atoms with Gasteiger partial charge in [-0.05, 0) is 55.0 Å². The summed E-state index contributed by atoms with van der Waals surface area (Å²) >= 11 is 0. The molecule has 0 radical (unpaired) electrons. The fraction of sp³-hybridized carbons (Fsp3) is 0.100. The summed E-state index contributed by atoms with van der Waals surface area (Å²) in [6.07, 6.45) is 2.98. The molecule has 1 aromatic heterocycles. The van der Waals surface area contributed by atoms with E-state index in [0.29, 0.717) is 16.8 Å². The number of rotatable bonds is 6. The number of sulfonamides is 1. The summed E-state index contributed by atoms with van der Waals surface area (Å²) in [5.41, 5.74) is -2.29. The number of alkyl halides is 2. The van der Waals surface area contributed by atoms with Crippen LogP contribution in [0, 0.1) is 6.92 Å². The molecule has 1 unspecified atom stereocenters. The summed E-state index contributed by atoms with van der Waals surface area (Å²) in [5.74, 6) is -0.360. The lowest BCUT2D eigenvalue weighted by Gasteiger charge is -2.15. The number of anilines is 2. The highest BCUT2D eigenvalue weighted by molar-refractivity contribution is 7.92. The molecule has 0 aliphatic heterocycles. The Balaban J connectivity index is 1.81. The minimum atomic E-state index is -4.03. The first-order valence-corrected chi connectivity index (χ1v) is 10.7. The van der Waals surface area contributed by atoms with Crippen LogP contribution in [0.5, 0.6) is 0 Å². The van der Waals surface area contributed by atoms with Crippen LogP contribution < -0.4 is 10.0 Å². The maximum absolute atomic E-state index is 13.5. The van der Waals surface area contributed by atoms with Gasteiger partial charge in [-0.15, -0.1) is 0 Å². The van der Waals surface area contributed by atoms with Gasteiger partial charge in [0.25, 0.3) is 21.6 Å². The lowest BCUT2D eigenvalue weighted by atomic mass is 10.2. The average molecular weight is 449 g/mol. The van der Waals surface area contributed by atoms with Crippen LogP contribution >= 0.6 is 9.24 Å². The zero-order valence-corrected chi connectivity index (χ0v) is 17.7.